The number of rotatable bonds is 7. The number of unbranched alkanes of at least 4 members (excludes halogenated alkanes) is 1. The van der Waals surface area contributed by atoms with Gasteiger partial charge in [0.2, 0.25) is 0 Å². The Bertz CT molecular complexity index is 680. The van der Waals surface area contributed by atoms with Gasteiger partial charge in [-0.15, -0.1) is 0 Å². The molecular weight excluding hydrogens is 324 g/mol. The van der Waals surface area contributed by atoms with Gasteiger partial charge in [0.1, 0.15) is 5.76 Å². The van der Waals surface area contributed by atoms with E-state index in [-0.39, 0.29) is 23.1 Å². The Labute approximate surface area is 157 Å². The summed E-state index contributed by atoms with van der Waals surface area (Å²) in [4.78, 5) is 25.6. The highest BCUT2D eigenvalue weighted by Crippen LogP contribution is 2.41. The molecule has 0 spiro atoms. The van der Waals surface area contributed by atoms with Crippen molar-refractivity contribution in [2.45, 2.75) is 73.1 Å². The quantitative estimate of drug-likeness (QED) is 0.575. The lowest BCUT2D eigenvalue weighted by Crippen LogP contribution is -2.28. The molecule has 0 saturated carbocycles. The average Bonchev–Trinajstić information content (AvgIpc) is 2.55. The molecule has 0 aliphatic heterocycles. The number of ketones is 1. The van der Waals surface area contributed by atoms with E-state index in [4.69, 9.17) is 4.74 Å². The molecule has 3 heteroatoms. The number of aryl methyl sites for hydroxylation is 1. The molecule has 1 aliphatic rings. The minimum absolute atomic E-state index is 0.0644. The average molecular weight is 357 g/mol. The molecule has 1 aromatic carbocycles. The van der Waals surface area contributed by atoms with Gasteiger partial charge in [-0.25, -0.2) is 0 Å². The topological polar surface area (TPSA) is 43.4 Å². The first-order valence-corrected chi connectivity index (χ1v) is 9.82. The van der Waals surface area contributed by atoms with Gasteiger partial charge in [0, 0.05) is 12.8 Å². The number of carbonyl (C=O) groups excluding carboxylic acids is 2. The van der Waals surface area contributed by atoms with Crippen LogP contribution in [0.3, 0.4) is 0 Å². The maximum absolute atomic E-state index is 12.8. The van der Waals surface area contributed by atoms with E-state index in [0.717, 1.165) is 36.8 Å². The summed E-state index contributed by atoms with van der Waals surface area (Å²) in [5, 5.41) is 0. The summed E-state index contributed by atoms with van der Waals surface area (Å²) >= 11 is 0. The van der Waals surface area contributed by atoms with Crippen molar-refractivity contribution in [1.29, 1.82) is 0 Å². The van der Waals surface area contributed by atoms with E-state index in [1.54, 1.807) is 0 Å². The van der Waals surface area contributed by atoms with Crippen molar-refractivity contribution in [2.75, 3.05) is 0 Å². The van der Waals surface area contributed by atoms with Gasteiger partial charge in [0.25, 0.3) is 0 Å². The number of Topliss-reactive ketones (excluding diaryl/α,β-unsaturated/α-hetero) is 1. The van der Waals surface area contributed by atoms with Crippen molar-refractivity contribution in [3.05, 3.63) is 41.2 Å². The van der Waals surface area contributed by atoms with Crippen LogP contribution in [0.15, 0.2) is 30.0 Å². The number of ether oxygens (including phenoxy) is 1. The van der Waals surface area contributed by atoms with Crippen LogP contribution in [-0.4, -0.2) is 11.8 Å². The first kappa shape index (κ1) is 20.4. The van der Waals surface area contributed by atoms with Crippen LogP contribution in [0.25, 0.3) is 5.57 Å². The zero-order valence-electron chi connectivity index (χ0n) is 16.9. The smallest absolute Gasteiger partial charge is 0.314 e. The number of allylic oxidation sites excluding steroid dienone is 2. The van der Waals surface area contributed by atoms with Gasteiger partial charge < -0.3 is 4.74 Å². The molecule has 1 aromatic rings. The molecule has 0 N–H and O–H groups in total. The maximum atomic E-state index is 12.8. The lowest BCUT2D eigenvalue weighted by molar-refractivity contribution is -0.145. The summed E-state index contributed by atoms with van der Waals surface area (Å²) in [5.41, 5.74) is 2.39. The second kappa shape index (κ2) is 8.66. The van der Waals surface area contributed by atoms with Crippen molar-refractivity contribution < 1.29 is 14.3 Å². The number of benzene rings is 1. The van der Waals surface area contributed by atoms with Gasteiger partial charge in [0.15, 0.2) is 5.78 Å². The molecule has 2 rings (SSSR count). The largest absolute Gasteiger partial charge is 0.430 e. The normalized spacial score (nSPS) is 18.0. The van der Waals surface area contributed by atoms with Crippen LogP contribution in [0.4, 0.5) is 0 Å². The van der Waals surface area contributed by atoms with E-state index in [1.165, 1.54) is 0 Å². The number of esters is 1. The van der Waals surface area contributed by atoms with E-state index in [2.05, 4.69) is 20.8 Å². The first-order valence-electron chi connectivity index (χ1n) is 9.82. The van der Waals surface area contributed by atoms with E-state index in [0.29, 0.717) is 24.2 Å². The Morgan fingerprint density at radius 1 is 1.15 bits per heavy atom. The lowest BCUT2D eigenvalue weighted by Gasteiger charge is -2.32. The molecule has 0 bridgehead atoms. The fraction of sp³-hybridized carbons (Fsp3) is 0.565. The third-order valence-corrected chi connectivity index (χ3v) is 5.13. The minimum atomic E-state index is -0.189. The van der Waals surface area contributed by atoms with E-state index in [9.17, 15) is 9.59 Å². The predicted molar refractivity (Wildman–Crippen MR) is 106 cm³/mol. The molecule has 0 fully saturated rings. The van der Waals surface area contributed by atoms with E-state index < -0.39 is 0 Å². The highest BCUT2D eigenvalue weighted by molar-refractivity contribution is 6.22. The van der Waals surface area contributed by atoms with Crippen molar-refractivity contribution in [3.63, 3.8) is 0 Å². The maximum Gasteiger partial charge on any atom is 0.314 e. The van der Waals surface area contributed by atoms with Gasteiger partial charge >= 0.3 is 5.97 Å². The zero-order valence-corrected chi connectivity index (χ0v) is 16.9. The number of hydrogen-bond acceptors (Lipinski definition) is 3. The third kappa shape index (κ3) is 5.06. The van der Waals surface area contributed by atoms with Crippen LogP contribution in [0.2, 0.25) is 0 Å². The molecule has 0 heterocycles. The standard InChI is InChI=1S/C23H32O3/c1-6-8-9-17(7-2)22(25)26-20-15-23(4,5)14-19(24)21(20)18-12-10-16(3)11-13-18/h10-13,17H,6-9,14-15H2,1-5H3. The van der Waals surface area contributed by atoms with E-state index in [1.807, 2.05) is 38.1 Å². The zero-order chi connectivity index (χ0) is 19.3. The highest BCUT2D eigenvalue weighted by atomic mass is 16.5. The van der Waals surface area contributed by atoms with Crippen LogP contribution < -0.4 is 0 Å². The Morgan fingerprint density at radius 2 is 1.81 bits per heavy atom. The summed E-state index contributed by atoms with van der Waals surface area (Å²) in [6.07, 6.45) is 4.77. The molecule has 0 aromatic heterocycles. The Morgan fingerprint density at radius 3 is 2.38 bits per heavy atom. The molecule has 0 amide bonds. The predicted octanol–water partition coefficient (Wildman–Crippen LogP) is 5.85. The van der Waals surface area contributed by atoms with Crippen molar-refractivity contribution >= 4 is 17.3 Å². The molecule has 0 radical (unpaired) electrons. The van der Waals surface area contributed by atoms with Crippen LogP contribution in [0, 0.1) is 18.3 Å². The Hall–Kier alpha value is -1.90. The Kier molecular flexibility index (Phi) is 6.80. The molecule has 26 heavy (non-hydrogen) atoms. The molecule has 1 unspecified atom stereocenters. The lowest BCUT2D eigenvalue weighted by atomic mass is 9.75. The molecular formula is C23H32O3. The summed E-state index contributed by atoms with van der Waals surface area (Å²) in [7, 11) is 0. The summed E-state index contributed by atoms with van der Waals surface area (Å²) in [5.74, 6) is 0.331. The van der Waals surface area contributed by atoms with Gasteiger partial charge in [-0.05, 0) is 30.7 Å². The number of hydrogen-bond donors (Lipinski definition) is 0. The summed E-state index contributed by atoms with van der Waals surface area (Å²) in [6.45, 7) is 10.3. The Balaban J connectivity index is 2.36. The monoisotopic (exact) mass is 356 g/mol. The van der Waals surface area contributed by atoms with Crippen molar-refractivity contribution in [2.24, 2.45) is 11.3 Å². The van der Waals surface area contributed by atoms with E-state index >= 15 is 0 Å². The third-order valence-electron chi connectivity index (χ3n) is 5.13. The van der Waals surface area contributed by atoms with Gasteiger partial charge in [-0.1, -0.05) is 70.4 Å². The molecule has 142 valence electrons. The van der Waals surface area contributed by atoms with Gasteiger partial charge in [0.05, 0.1) is 11.5 Å². The molecule has 1 atom stereocenters. The second-order valence-electron chi connectivity index (χ2n) is 8.27. The second-order valence-corrected chi connectivity index (χ2v) is 8.27. The van der Waals surface area contributed by atoms with Crippen LogP contribution in [0.1, 0.15) is 77.3 Å². The summed E-state index contributed by atoms with van der Waals surface area (Å²) < 4.78 is 5.86. The van der Waals surface area contributed by atoms with Crippen LogP contribution in [0.5, 0.6) is 0 Å². The first-order chi connectivity index (χ1) is 12.3. The molecule has 1 aliphatic carbocycles. The molecule has 0 saturated heterocycles. The summed E-state index contributed by atoms with van der Waals surface area (Å²) in [6, 6.07) is 7.88. The minimum Gasteiger partial charge on any atom is -0.430 e. The van der Waals surface area contributed by atoms with Gasteiger partial charge in [-0.2, -0.15) is 0 Å². The SMILES string of the molecule is CCCCC(CC)C(=O)OC1=C(c2ccc(C)cc2)C(=O)CC(C)(C)C1. The number of carbonyl (C=O) groups is 2. The van der Waals surface area contributed by atoms with Gasteiger partial charge in [-0.3, -0.25) is 9.59 Å². The molecule has 3 nitrogen and oxygen atoms in total. The van der Waals surface area contributed by atoms with Crippen molar-refractivity contribution in [3.8, 4) is 0 Å². The van der Waals surface area contributed by atoms with Crippen LogP contribution >= 0.6 is 0 Å². The fourth-order valence-electron chi connectivity index (χ4n) is 3.54. The van der Waals surface area contributed by atoms with Crippen molar-refractivity contribution in [1.82, 2.24) is 0 Å². The fourth-order valence-corrected chi connectivity index (χ4v) is 3.54. The highest BCUT2D eigenvalue weighted by Gasteiger charge is 2.36. The van der Waals surface area contributed by atoms with Crippen LogP contribution in [-0.2, 0) is 14.3 Å².